The van der Waals surface area contributed by atoms with Crippen LogP contribution in [0.4, 0.5) is 4.39 Å². The summed E-state index contributed by atoms with van der Waals surface area (Å²) in [5, 5.41) is 0. The molecular weight excluding hydrogens is 195 g/mol. The van der Waals surface area contributed by atoms with Crippen molar-refractivity contribution in [2.24, 2.45) is 5.92 Å². The molecule has 0 aromatic rings. The molecule has 1 rings (SSSR count). The summed E-state index contributed by atoms with van der Waals surface area (Å²) in [6, 6.07) is 0. The molecule has 1 aliphatic rings. The van der Waals surface area contributed by atoms with E-state index in [0.29, 0.717) is 19.3 Å². The van der Waals surface area contributed by atoms with Crippen LogP contribution in [0, 0.1) is 5.92 Å². The van der Waals surface area contributed by atoms with E-state index in [1.165, 1.54) is 0 Å². The largest absolute Gasteiger partial charge is 0.286 e. The van der Waals surface area contributed by atoms with Crippen LogP contribution in [0.3, 0.4) is 0 Å². The average molecular weight is 210 g/mol. The highest BCUT2D eigenvalue weighted by Gasteiger charge is 2.22. The maximum atomic E-state index is 12.8. The van der Waals surface area contributed by atoms with Crippen molar-refractivity contribution in [3.63, 3.8) is 0 Å². The Morgan fingerprint density at radius 3 is 2.62 bits per heavy atom. The molecule has 0 bridgehead atoms. The first kappa shape index (κ1) is 10.9. The van der Waals surface area contributed by atoms with Gasteiger partial charge in [-0.2, -0.15) is 8.42 Å². The molecule has 1 fully saturated rings. The maximum absolute atomic E-state index is 12.8. The smallest absolute Gasteiger partial charge is 0.264 e. The van der Waals surface area contributed by atoms with Crippen LogP contribution in [0.2, 0.25) is 0 Å². The van der Waals surface area contributed by atoms with Gasteiger partial charge in [-0.3, -0.25) is 4.55 Å². The summed E-state index contributed by atoms with van der Waals surface area (Å²) in [6.45, 7) is 0. The predicted octanol–water partition coefficient (Wildman–Crippen LogP) is 1.79. The third kappa shape index (κ3) is 4.57. The van der Waals surface area contributed by atoms with E-state index < -0.39 is 16.3 Å². The van der Waals surface area contributed by atoms with E-state index in [1.807, 2.05) is 0 Å². The van der Waals surface area contributed by atoms with Crippen molar-refractivity contribution >= 4 is 10.1 Å². The Bertz CT molecular complexity index is 250. The van der Waals surface area contributed by atoms with Crippen molar-refractivity contribution in [1.82, 2.24) is 0 Å². The molecule has 0 saturated heterocycles. The van der Waals surface area contributed by atoms with Crippen LogP contribution in [0.25, 0.3) is 0 Å². The molecule has 3 nitrogen and oxygen atoms in total. The SMILES string of the molecule is O=S(=O)(O)CCC1CCCC(F)C1. The van der Waals surface area contributed by atoms with Gasteiger partial charge in [-0.05, 0) is 25.2 Å². The van der Waals surface area contributed by atoms with Crippen molar-refractivity contribution in [1.29, 1.82) is 0 Å². The van der Waals surface area contributed by atoms with Crippen LogP contribution in [0.15, 0.2) is 0 Å². The molecule has 0 heterocycles. The van der Waals surface area contributed by atoms with Crippen LogP contribution in [-0.4, -0.2) is 24.9 Å². The number of hydrogen-bond donors (Lipinski definition) is 1. The third-order valence-corrected chi connectivity index (χ3v) is 3.25. The van der Waals surface area contributed by atoms with Crippen LogP contribution < -0.4 is 0 Å². The summed E-state index contributed by atoms with van der Waals surface area (Å²) >= 11 is 0. The number of hydrogen-bond acceptors (Lipinski definition) is 2. The van der Waals surface area contributed by atoms with E-state index in [4.69, 9.17) is 4.55 Å². The van der Waals surface area contributed by atoms with Crippen molar-refractivity contribution in [2.45, 2.75) is 38.3 Å². The highest BCUT2D eigenvalue weighted by molar-refractivity contribution is 7.85. The van der Waals surface area contributed by atoms with E-state index >= 15 is 0 Å². The van der Waals surface area contributed by atoms with Crippen LogP contribution in [0.5, 0.6) is 0 Å². The first-order chi connectivity index (χ1) is 5.97. The fraction of sp³-hybridized carbons (Fsp3) is 1.00. The van der Waals surface area contributed by atoms with E-state index in [0.717, 1.165) is 12.8 Å². The Balaban J connectivity index is 2.29. The average Bonchev–Trinajstić information content (AvgIpc) is 2.00. The van der Waals surface area contributed by atoms with Gasteiger partial charge >= 0.3 is 0 Å². The minimum atomic E-state index is -3.86. The predicted molar refractivity (Wildman–Crippen MR) is 47.9 cm³/mol. The van der Waals surface area contributed by atoms with Gasteiger partial charge in [0.1, 0.15) is 6.17 Å². The number of rotatable bonds is 3. The lowest BCUT2D eigenvalue weighted by Gasteiger charge is -2.23. The fourth-order valence-electron chi connectivity index (χ4n) is 1.80. The highest BCUT2D eigenvalue weighted by atomic mass is 32.2. The van der Waals surface area contributed by atoms with Gasteiger partial charge < -0.3 is 0 Å². The summed E-state index contributed by atoms with van der Waals surface area (Å²) in [5.74, 6) is -0.102. The lowest BCUT2D eigenvalue weighted by Crippen LogP contribution is -2.19. The summed E-state index contributed by atoms with van der Waals surface area (Å²) in [7, 11) is -3.86. The van der Waals surface area contributed by atoms with Gasteiger partial charge in [-0.15, -0.1) is 0 Å². The van der Waals surface area contributed by atoms with Crippen molar-refractivity contribution < 1.29 is 17.4 Å². The van der Waals surface area contributed by atoms with Crippen molar-refractivity contribution in [3.8, 4) is 0 Å². The monoisotopic (exact) mass is 210 g/mol. The fourth-order valence-corrected chi connectivity index (χ4v) is 2.43. The lowest BCUT2D eigenvalue weighted by atomic mass is 9.86. The van der Waals surface area contributed by atoms with Crippen molar-refractivity contribution in [3.05, 3.63) is 0 Å². The molecule has 0 amide bonds. The van der Waals surface area contributed by atoms with E-state index in [2.05, 4.69) is 0 Å². The Kier molecular flexibility index (Phi) is 3.67. The van der Waals surface area contributed by atoms with Gasteiger partial charge in [-0.1, -0.05) is 12.8 Å². The Morgan fingerprint density at radius 1 is 1.38 bits per heavy atom. The molecule has 2 atom stereocenters. The molecule has 13 heavy (non-hydrogen) atoms. The summed E-state index contributed by atoms with van der Waals surface area (Å²) in [4.78, 5) is 0. The summed E-state index contributed by atoms with van der Waals surface area (Å²) in [6.07, 6.45) is 2.38. The summed E-state index contributed by atoms with van der Waals surface area (Å²) in [5.41, 5.74) is 0. The molecule has 5 heteroatoms. The second-order valence-corrected chi connectivity index (χ2v) is 5.28. The Labute approximate surface area is 78.1 Å². The highest BCUT2D eigenvalue weighted by Crippen LogP contribution is 2.28. The maximum Gasteiger partial charge on any atom is 0.264 e. The number of halogens is 1. The first-order valence-electron chi connectivity index (χ1n) is 4.56. The number of alkyl halides is 1. The summed E-state index contributed by atoms with van der Waals surface area (Å²) < 4.78 is 42.2. The van der Waals surface area contributed by atoms with Gasteiger partial charge in [0, 0.05) is 0 Å². The van der Waals surface area contributed by atoms with Gasteiger partial charge in [-0.25, -0.2) is 4.39 Å². The molecule has 2 unspecified atom stereocenters. The first-order valence-corrected chi connectivity index (χ1v) is 6.17. The third-order valence-electron chi connectivity index (χ3n) is 2.50. The topological polar surface area (TPSA) is 54.4 Å². The van der Waals surface area contributed by atoms with Gasteiger partial charge in [0.25, 0.3) is 10.1 Å². The van der Waals surface area contributed by atoms with E-state index in [9.17, 15) is 12.8 Å². The second kappa shape index (κ2) is 4.37. The molecule has 0 aromatic heterocycles. The zero-order valence-corrected chi connectivity index (χ0v) is 8.26. The standard InChI is InChI=1S/C8H15FO3S/c9-8-3-1-2-7(6-8)4-5-13(10,11)12/h7-8H,1-6H2,(H,10,11,12). The molecule has 0 aliphatic heterocycles. The minimum Gasteiger partial charge on any atom is -0.286 e. The van der Waals surface area contributed by atoms with Crippen molar-refractivity contribution in [2.75, 3.05) is 5.75 Å². The molecule has 1 N–H and O–H groups in total. The van der Waals surface area contributed by atoms with Crippen LogP contribution in [0.1, 0.15) is 32.1 Å². The molecule has 0 aromatic carbocycles. The molecular formula is C8H15FO3S. The van der Waals surface area contributed by atoms with Gasteiger partial charge in [0.05, 0.1) is 5.75 Å². The zero-order valence-electron chi connectivity index (χ0n) is 7.45. The quantitative estimate of drug-likeness (QED) is 0.722. The van der Waals surface area contributed by atoms with E-state index in [-0.39, 0.29) is 11.7 Å². The molecule has 1 aliphatic carbocycles. The zero-order chi connectivity index (χ0) is 9.90. The lowest BCUT2D eigenvalue weighted by molar-refractivity contribution is 0.195. The van der Waals surface area contributed by atoms with Gasteiger partial charge in [0.15, 0.2) is 0 Å². The van der Waals surface area contributed by atoms with Crippen LogP contribution >= 0.6 is 0 Å². The van der Waals surface area contributed by atoms with Gasteiger partial charge in [0.2, 0.25) is 0 Å². The molecule has 0 spiro atoms. The van der Waals surface area contributed by atoms with E-state index in [1.54, 1.807) is 0 Å². The minimum absolute atomic E-state index is 0.130. The normalized spacial score (nSPS) is 30.3. The second-order valence-electron chi connectivity index (χ2n) is 3.70. The van der Waals surface area contributed by atoms with Crippen LogP contribution in [-0.2, 0) is 10.1 Å². The molecule has 1 saturated carbocycles. The Morgan fingerprint density at radius 2 is 2.08 bits per heavy atom. The Hall–Kier alpha value is -0.160. The molecule has 78 valence electrons. The molecule has 0 radical (unpaired) electrons.